The molecule has 0 aliphatic carbocycles. The van der Waals surface area contributed by atoms with Gasteiger partial charge in [0.15, 0.2) is 5.58 Å². The molecule has 2 N–H and O–H groups in total. The Morgan fingerprint density at radius 1 is 1.14 bits per heavy atom. The molecule has 3 aromatic rings. The summed E-state index contributed by atoms with van der Waals surface area (Å²) in [6.45, 7) is 2.10. The highest BCUT2D eigenvalue weighted by molar-refractivity contribution is 6.34. The van der Waals surface area contributed by atoms with Crippen LogP contribution in [0, 0.1) is 6.92 Å². The average molecular weight is 300 g/mol. The molecule has 0 amide bonds. The van der Waals surface area contributed by atoms with E-state index in [4.69, 9.17) is 21.8 Å². The molecule has 1 heterocycles. The third-order valence-electron chi connectivity index (χ3n) is 3.71. The van der Waals surface area contributed by atoms with Gasteiger partial charge >= 0.3 is 0 Å². The maximum atomic E-state index is 6.26. The maximum Gasteiger partial charge on any atom is 0.152 e. The van der Waals surface area contributed by atoms with Crippen molar-refractivity contribution >= 4 is 22.6 Å². The highest BCUT2D eigenvalue weighted by Gasteiger charge is 2.13. The van der Waals surface area contributed by atoms with Gasteiger partial charge in [-0.25, -0.2) is 0 Å². The molecular weight excluding hydrogens is 282 g/mol. The van der Waals surface area contributed by atoms with Gasteiger partial charge in [0.05, 0.1) is 11.1 Å². The minimum Gasteiger partial charge on any atom is -0.458 e. The molecule has 1 aromatic heterocycles. The van der Waals surface area contributed by atoms with Gasteiger partial charge in [-0.3, -0.25) is 0 Å². The first-order valence-corrected chi connectivity index (χ1v) is 7.50. The zero-order valence-corrected chi connectivity index (χ0v) is 12.7. The highest BCUT2D eigenvalue weighted by Crippen LogP contribution is 2.30. The van der Waals surface area contributed by atoms with Crippen molar-refractivity contribution in [1.82, 2.24) is 0 Å². The first-order valence-electron chi connectivity index (χ1n) is 7.12. The van der Waals surface area contributed by atoms with Gasteiger partial charge < -0.3 is 10.2 Å². The fraction of sp³-hybridized carbons (Fsp3) is 0.222. The van der Waals surface area contributed by atoms with Crippen molar-refractivity contribution in [2.45, 2.75) is 25.8 Å². The maximum absolute atomic E-state index is 6.26. The van der Waals surface area contributed by atoms with Crippen molar-refractivity contribution in [3.8, 4) is 0 Å². The quantitative estimate of drug-likeness (QED) is 0.734. The van der Waals surface area contributed by atoms with Crippen LogP contribution in [0.25, 0.3) is 11.0 Å². The third kappa shape index (κ3) is 3.12. The summed E-state index contributed by atoms with van der Waals surface area (Å²) < 4.78 is 5.82. The lowest BCUT2D eigenvalue weighted by Crippen LogP contribution is -2.10. The average Bonchev–Trinajstić information content (AvgIpc) is 2.90. The molecule has 21 heavy (non-hydrogen) atoms. The van der Waals surface area contributed by atoms with E-state index in [0.29, 0.717) is 5.02 Å². The third-order valence-corrected chi connectivity index (χ3v) is 4.00. The Hall–Kier alpha value is -1.77. The van der Waals surface area contributed by atoms with E-state index in [-0.39, 0.29) is 6.04 Å². The molecule has 0 spiro atoms. The number of hydrogen-bond acceptors (Lipinski definition) is 2. The summed E-state index contributed by atoms with van der Waals surface area (Å²) in [4.78, 5) is 0. The number of nitrogens with two attached hydrogens (primary N) is 1. The smallest absolute Gasteiger partial charge is 0.152 e. The van der Waals surface area contributed by atoms with Gasteiger partial charge in [0.1, 0.15) is 5.76 Å². The summed E-state index contributed by atoms with van der Waals surface area (Å²) in [5.41, 5.74) is 9.56. The van der Waals surface area contributed by atoms with E-state index in [1.165, 1.54) is 11.1 Å². The number of aryl methyl sites for hydroxylation is 2. The Balaban J connectivity index is 1.75. The zero-order valence-electron chi connectivity index (χ0n) is 12.0. The van der Waals surface area contributed by atoms with Gasteiger partial charge in [-0.05, 0) is 37.5 Å². The SMILES string of the molecule is Cc1cccc(CCC(N)c2cc3cccc(Cl)c3o2)c1. The van der Waals surface area contributed by atoms with E-state index in [9.17, 15) is 0 Å². The number of fused-ring (bicyclic) bond motifs is 1. The van der Waals surface area contributed by atoms with Gasteiger partial charge in [-0.2, -0.15) is 0 Å². The van der Waals surface area contributed by atoms with E-state index in [1.807, 2.05) is 24.3 Å². The Morgan fingerprint density at radius 3 is 2.71 bits per heavy atom. The Morgan fingerprint density at radius 2 is 1.95 bits per heavy atom. The molecule has 3 rings (SSSR count). The molecule has 0 saturated heterocycles. The van der Waals surface area contributed by atoms with Crippen LogP contribution in [-0.2, 0) is 6.42 Å². The summed E-state index contributed by atoms with van der Waals surface area (Å²) in [6, 6.07) is 16.1. The Labute approximate surface area is 129 Å². The summed E-state index contributed by atoms with van der Waals surface area (Å²) >= 11 is 6.13. The molecule has 1 atom stereocenters. The number of halogens is 1. The lowest BCUT2D eigenvalue weighted by molar-refractivity contribution is 0.478. The minimum atomic E-state index is -0.117. The normalized spacial score (nSPS) is 12.7. The number of para-hydroxylation sites is 1. The van der Waals surface area contributed by atoms with Gasteiger partial charge in [0.25, 0.3) is 0 Å². The van der Waals surface area contributed by atoms with Gasteiger partial charge in [0, 0.05) is 5.39 Å². The molecule has 1 unspecified atom stereocenters. The first-order chi connectivity index (χ1) is 10.1. The second kappa shape index (κ2) is 5.92. The number of rotatable bonds is 4. The van der Waals surface area contributed by atoms with Gasteiger partial charge in [0.2, 0.25) is 0 Å². The predicted octanol–water partition coefficient (Wildman–Crippen LogP) is 5.03. The van der Waals surface area contributed by atoms with E-state index in [1.54, 1.807) is 0 Å². The summed E-state index contributed by atoms with van der Waals surface area (Å²) in [7, 11) is 0. The van der Waals surface area contributed by atoms with Crippen molar-refractivity contribution in [2.75, 3.05) is 0 Å². The molecule has 3 heteroatoms. The second-order valence-corrected chi connectivity index (χ2v) is 5.85. The van der Waals surface area contributed by atoms with Crippen LogP contribution in [0.1, 0.15) is 29.3 Å². The van der Waals surface area contributed by atoms with E-state index in [2.05, 4.69) is 31.2 Å². The lowest BCUT2D eigenvalue weighted by Gasteiger charge is -2.09. The summed E-state index contributed by atoms with van der Waals surface area (Å²) in [6.07, 6.45) is 1.79. The van der Waals surface area contributed by atoms with Crippen LogP contribution in [-0.4, -0.2) is 0 Å². The summed E-state index contributed by atoms with van der Waals surface area (Å²) in [5, 5.41) is 1.63. The fourth-order valence-electron chi connectivity index (χ4n) is 2.56. The van der Waals surface area contributed by atoms with Crippen molar-refractivity contribution in [2.24, 2.45) is 5.73 Å². The second-order valence-electron chi connectivity index (χ2n) is 5.44. The Bertz CT molecular complexity index is 763. The van der Waals surface area contributed by atoms with Crippen molar-refractivity contribution in [3.63, 3.8) is 0 Å². The Kier molecular flexibility index (Phi) is 4.00. The predicted molar refractivity (Wildman–Crippen MR) is 87.7 cm³/mol. The van der Waals surface area contributed by atoms with E-state index < -0.39 is 0 Å². The zero-order chi connectivity index (χ0) is 14.8. The molecule has 0 saturated carbocycles. The summed E-state index contributed by atoms with van der Waals surface area (Å²) in [5.74, 6) is 0.797. The van der Waals surface area contributed by atoms with Gasteiger partial charge in [-0.15, -0.1) is 0 Å². The van der Waals surface area contributed by atoms with Crippen LogP contribution in [0.4, 0.5) is 0 Å². The molecule has 0 aliphatic rings. The minimum absolute atomic E-state index is 0.117. The van der Waals surface area contributed by atoms with Crippen molar-refractivity contribution in [3.05, 3.63) is 70.4 Å². The van der Waals surface area contributed by atoms with Gasteiger partial charge in [-0.1, -0.05) is 53.6 Å². The van der Waals surface area contributed by atoms with Crippen molar-refractivity contribution in [1.29, 1.82) is 0 Å². The van der Waals surface area contributed by atoms with Crippen LogP contribution in [0.2, 0.25) is 5.02 Å². The molecule has 0 bridgehead atoms. The molecule has 2 aromatic carbocycles. The lowest BCUT2D eigenvalue weighted by atomic mass is 10.0. The van der Waals surface area contributed by atoms with Crippen LogP contribution < -0.4 is 5.73 Å². The molecule has 0 radical (unpaired) electrons. The first kappa shape index (κ1) is 14.2. The molecule has 0 aliphatic heterocycles. The van der Waals surface area contributed by atoms with Crippen LogP contribution in [0.15, 0.2) is 52.9 Å². The number of furan rings is 1. The van der Waals surface area contributed by atoms with Crippen LogP contribution >= 0.6 is 11.6 Å². The van der Waals surface area contributed by atoms with Crippen molar-refractivity contribution < 1.29 is 4.42 Å². The highest BCUT2D eigenvalue weighted by atomic mass is 35.5. The number of hydrogen-bond donors (Lipinski definition) is 1. The number of benzene rings is 2. The molecule has 108 valence electrons. The molecular formula is C18H18ClNO. The van der Waals surface area contributed by atoms with Crippen LogP contribution in [0.5, 0.6) is 0 Å². The molecule has 2 nitrogen and oxygen atoms in total. The largest absolute Gasteiger partial charge is 0.458 e. The monoisotopic (exact) mass is 299 g/mol. The standard InChI is InChI=1S/C18H18ClNO/c1-12-4-2-5-13(10-12)8-9-16(20)17-11-14-6-3-7-15(19)18(14)21-17/h2-7,10-11,16H,8-9,20H2,1H3. The molecule has 0 fully saturated rings. The topological polar surface area (TPSA) is 39.2 Å². The fourth-order valence-corrected chi connectivity index (χ4v) is 2.78. The van der Waals surface area contributed by atoms with E-state index >= 15 is 0 Å². The van der Waals surface area contributed by atoms with Crippen LogP contribution in [0.3, 0.4) is 0 Å². The van der Waals surface area contributed by atoms with E-state index in [0.717, 1.165) is 29.6 Å².